The number of nitrogens with one attached hydrogen (secondary N) is 2. The number of hydrogen-bond acceptors (Lipinski definition) is 4. The zero-order chi connectivity index (χ0) is 18.0. The number of aryl methyl sites for hydroxylation is 1. The highest BCUT2D eigenvalue weighted by Crippen LogP contribution is 2.31. The number of amides is 1. The molecule has 0 spiro atoms. The molecular weight excluding hydrogens is 349 g/mol. The number of aromatic amines is 1. The molecule has 0 radical (unpaired) electrons. The van der Waals surface area contributed by atoms with Crippen molar-refractivity contribution in [3.8, 4) is 5.75 Å². The summed E-state index contributed by atoms with van der Waals surface area (Å²) >= 11 is 6.25. The van der Waals surface area contributed by atoms with Crippen LogP contribution in [0.15, 0.2) is 28.8 Å². The summed E-state index contributed by atoms with van der Waals surface area (Å²) in [4.78, 5) is 14.5. The van der Waals surface area contributed by atoms with E-state index in [0.29, 0.717) is 16.5 Å². The van der Waals surface area contributed by atoms with Gasteiger partial charge in [0.05, 0.1) is 17.3 Å². The molecule has 1 amide bonds. The van der Waals surface area contributed by atoms with E-state index >= 15 is 0 Å². The van der Waals surface area contributed by atoms with Gasteiger partial charge in [-0.05, 0) is 26.0 Å². The fourth-order valence-corrected chi connectivity index (χ4v) is 2.58. The number of H-pyrrole nitrogens is 1. The van der Waals surface area contributed by atoms with Crippen molar-refractivity contribution in [1.29, 1.82) is 0 Å². The summed E-state index contributed by atoms with van der Waals surface area (Å²) in [5, 5.41) is 7.63. The van der Waals surface area contributed by atoms with Gasteiger partial charge >= 0.3 is 0 Å². The van der Waals surface area contributed by atoms with Gasteiger partial charge < -0.3 is 19.6 Å². The van der Waals surface area contributed by atoms with Crippen molar-refractivity contribution in [3.05, 3.63) is 46.4 Å². The number of nitrogens with zero attached hydrogens (tertiary/aromatic N) is 1. The number of carbonyl (C=O) groups is 1. The quantitative estimate of drug-likeness (QED) is 0.698. The topological polar surface area (TPSA) is 80.1 Å². The summed E-state index contributed by atoms with van der Waals surface area (Å²) in [5.74, 6) is 0.449. The van der Waals surface area contributed by atoms with E-state index in [-0.39, 0.29) is 13.2 Å². The number of aromatic nitrogens is 2. The van der Waals surface area contributed by atoms with Gasteiger partial charge in [-0.3, -0.25) is 4.79 Å². The molecule has 8 heteroatoms. The molecule has 0 aliphatic carbocycles. The lowest BCUT2D eigenvalue weighted by Crippen LogP contribution is -2.29. The van der Waals surface area contributed by atoms with Crippen LogP contribution in [0.25, 0.3) is 10.9 Å². The van der Waals surface area contributed by atoms with E-state index in [1.165, 1.54) is 6.92 Å². The van der Waals surface area contributed by atoms with Crippen LogP contribution < -0.4 is 10.1 Å². The van der Waals surface area contributed by atoms with Gasteiger partial charge in [-0.2, -0.15) is 0 Å². The predicted octanol–water partition coefficient (Wildman–Crippen LogP) is 3.67. The number of halogens is 2. The molecule has 0 aliphatic heterocycles. The number of alkyl halides is 1. The summed E-state index contributed by atoms with van der Waals surface area (Å²) < 4.78 is 23.6. The van der Waals surface area contributed by atoms with Gasteiger partial charge in [-0.15, -0.1) is 0 Å². The molecule has 1 atom stereocenters. The standard InChI is InChI=1S/C17H17ClFN3O3/c1-9-3-13(25-22-9)8-24-16-6-15-11(5-14(16)18)4-12(21-15)7-20-17(23)10(2)19/h3-6,10,21H,7-8H2,1-2H3,(H,20,23)/t10-/m0/s1. The molecule has 0 saturated heterocycles. The smallest absolute Gasteiger partial charge is 0.254 e. The molecule has 2 heterocycles. The molecule has 132 valence electrons. The highest BCUT2D eigenvalue weighted by Gasteiger charge is 2.12. The van der Waals surface area contributed by atoms with Gasteiger partial charge in [0, 0.05) is 28.7 Å². The van der Waals surface area contributed by atoms with Crippen molar-refractivity contribution in [2.45, 2.75) is 33.2 Å². The molecule has 0 saturated carbocycles. The zero-order valence-electron chi connectivity index (χ0n) is 13.7. The van der Waals surface area contributed by atoms with Crippen LogP contribution in [-0.2, 0) is 17.9 Å². The van der Waals surface area contributed by atoms with Gasteiger partial charge in [0.15, 0.2) is 11.9 Å². The van der Waals surface area contributed by atoms with Gasteiger partial charge in [0.1, 0.15) is 12.4 Å². The second-order valence-corrected chi connectivity index (χ2v) is 6.13. The Balaban J connectivity index is 1.72. The average molecular weight is 366 g/mol. The monoisotopic (exact) mass is 365 g/mol. The molecule has 3 rings (SSSR count). The summed E-state index contributed by atoms with van der Waals surface area (Å²) in [5.41, 5.74) is 2.31. The Labute approximate surface area is 148 Å². The first-order valence-corrected chi connectivity index (χ1v) is 8.08. The van der Waals surface area contributed by atoms with Crippen molar-refractivity contribution in [1.82, 2.24) is 15.5 Å². The molecule has 3 aromatic rings. The Kier molecular flexibility index (Phi) is 4.94. The Hall–Kier alpha value is -2.54. The van der Waals surface area contributed by atoms with Crippen LogP contribution in [0.1, 0.15) is 24.1 Å². The lowest BCUT2D eigenvalue weighted by atomic mass is 10.2. The molecule has 0 bridgehead atoms. The maximum Gasteiger partial charge on any atom is 0.254 e. The molecule has 25 heavy (non-hydrogen) atoms. The van der Waals surface area contributed by atoms with Gasteiger partial charge in [-0.1, -0.05) is 16.8 Å². The molecule has 0 unspecified atom stereocenters. The number of benzene rings is 1. The van der Waals surface area contributed by atoms with Gasteiger partial charge in [-0.25, -0.2) is 4.39 Å². The van der Waals surface area contributed by atoms with Crippen LogP contribution in [-0.4, -0.2) is 22.2 Å². The molecule has 2 aromatic heterocycles. The van der Waals surface area contributed by atoms with Crippen molar-refractivity contribution in [2.75, 3.05) is 0 Å². The summed E-state index contributed by atoms with van der Waals surface area (Å²) in [6.45, 7) is 3.44. The van der Waals surface area contributed by atoms with Crippen molar-refractivity contribution < 1.29 is 18.4 Å². The van der Waals surface area contributed by atoms with Gasteiger partial charge in [0.2, 0.25) is 0 Å². The molecule has 6 nitrogen and oxygen atoms in total. The first-order valence-electron chi connectivity index (χ1n) is 7.70. The number of fused-ring (bicyclic) bond motifs is 1. The van der Waals surface area contributed by atoms with Crippen molar-refractivity contribution in [2.24, 2.45) is 0 Å². The maximum absolute atomic E-state index is 12.9. The second-order valence-electron chi connectivity index (χ2n) is 5.72. The normalized spacial score (nSPS) is 12.3. The minimum Gasteiger partial charge on any atom is -0.484 e. The third-order valence-corrected chi connectivity index (χ3v) is 3.89. The molecule has 0 aliphatic rings. The molecular formula is C17H17ClFN3O3. The predicted molar refractivity (Wildman–Crippen MR) is 91.3 cm³/mol. The fraction of sp³-hybridized carbons (Fsp3) is 0.294. The van der Waals surface area contributed by atoms with E-state index in [9.17, 15) is 9.18 Å². The minimum absolute atomic E-state index is 0.201. The summed E-state index contributed by atoms with van der Waals surface area (Å²) in [6, 6.07) is 7.16. The number of hydrogen-bond donors (Lipinski definition) is 2. The van der Waals surface area contributed by atoms with Gasteiger partial charge in [0.25, 0.3) is 5.91 Å². The van der Waals surface area contributed by atoms with Crippen LogP contribution in [0.4, 0.5) is 4.39 Å². The lowest BCUT2D eigenvalue weighted by Gasteiger charge is -2.06. The van der Waals surface area contributed by atoms with E-state index < -0.39 is 12.1 Å². The first kappa shape index (κ1) is 17.3. The Morgan fingerprint density at radius 3 is 2.92 bits per heavy atom. The van der Waals surface area contributed by atoms with Crippen LogP contribution >= 0.6 is 11.6 Å². The Morgan fingerprint density at radius 2 is 2.24 bits per heavy atom. The van der Waals surface area contributed by atoms with Crippen molar-refractivity contribution in [3.63, 3.8) is 0 Å². The average Bonchev–Trinajstić information content (AvgIpc) is 3.15. The van der Waals surface area contributed by atoms with Crippen LogP contribution in [0.3, 0.4) is 0 Å². The fourth-order valence-electron chi connectivity index (χ4n) is 2.36. The number of ether oxygens (including phenoxy) is 1. The van der Waals surface area contributed by atoms with Crippen LogP contribution in [0.2, 0.25) is 5.02 Å². The Bertz CT molecular complexity index is 904. The molecule has 1 aromatic carbocycles. The minimum atomic E-state index is -1.54. The second kappa shape index (κ2) is 7.14. The highest BCUT2D eigenvalue weighted by atomic mass is 35.5. The summed E-state index contributed by atoms with van der Waals surface area (Å²) in [6.07, 6.45) is -1.54. The van der Waals surface area contributed by atoms with Crippen LogP contribution in [0, 0.1) is 6.92 Å². The SMILES string of the molecule is Cc1cc(COc2cc3[nH]c(CNC(=O)[C@H](C)F)cc3cc2Cl)on1. The van der Waals surface area contributed by atoms with E-state index in [4.69, 9.17) is 20.9 Å². The lowest BCUT2D eigenvalue weighted by molar-refractivity contribution is -0.125. The number of rotatable bonds is 6. The molecule has 0 fully saturated rings. The third kappa shape index (κ3) is 4.11. The van der Waals surface area contributed by atoms with Crippen LogP contribution in [0.5, 0.6) is 5.75 Å². The van der Waals surface area contributed by atoms with E-state index in [2.05, 4.69) is 15.5 Å². The maximum atomic E-state index is 12.9. The molecule has 2 N–H and O–H groups in total. The Morgan fingerprint density at radius 1 is 1.44 bits per heavy atom. The highest BCUT2D eigenvalue weighted by molar-refractivity contribution is 6.32. The van der Waals surface area contributed by atoms with E-state index in [1.807, 2.05) is 13.0 Å². The largest absolute Gasteiger partial charge is 0.484 e. The zero-order valence-corrected chi connectivity index (χ0v) is 14.5. The van der Waals surface area contributed by atoms with E-state index in [0.717, 1.165) is 22.3 Å². The van der Waals surface area contributed by atoms with E-state index in [1.54, 1.807) is 18.2 Å². The third-order valence-electron chi connectivity index (χ3n) is 3.59. The summed E-state index contributed by atoms with van der Waals surface area (Å²) in [7, 11) is 0. The first-order chi connectivity index (χ1) is 11.9. The number of carbonyl (C=O) groups excluding carboxylic acids is 1. The van der Waals surface area contributed by atoms with Crippen molar-refractivity contribution >= 4 is 28.4 Å².